The van der Waals surface area contributed by atoms with Crippen LogP contribution in [0.15, 0.2) is 0 Å². The number of hydrogen-bond donors (Lipinski definition) is 0. The first-order valence-corrected chi connectivity index (χ1v) is 9.02. The highest BCUT2D eigenvalue weighted by Crippen LogP contribution is 2.36. The van der Waals surface area contributed by atoms with E-state index in [1.54, 1.807) is 0 Å². The summed E-state index contributed by atoms with van der Waals surface area (Å²) in [4.78, 5) is 2.79. The molecular formula is C16H32BrN. The van der Waals surface area contributed by atoms with Gasteiger partial charge in [0.2, 0.25) is 0 Å². The average Bonchev–Trinajstić information content (AvgIpc) is 2.34. The van der Waals surface area contributed by atoms with Crippen LogP contribution in [-0.2, 0) is 0 Å². The third-order valence-electron chi connectivity index (χ3n) is 4.74. The van der Waals surface area contributed by atoms with E-state index in [0.29, 0.717) is 5.41 Å². The van der Waals surface area contributed by atoms with Crippen LogP contribution in [0.4, 0.5) is 0 Å². The second-order valence-corrected chi connectivity index (χ2v) is 7.00. The molecule has 0 aromatic rings. The maximum Gasteiger partial charge on any atom is 0.0100 e. The summed E-state index contributed by atoms with van der Waals surface area (Å²) >= 11 is 3.82. The van der Waals surface area contributed by atoms with Gasteiger partial charge in [-0.3, -0.25) is 4.90 Å². The predicted octanol–water partition coefficient (Wildman–Crippen LogP) is 5.23. The van der Waals surface area contributed by atoms with Crippen LogP contribution in [0.25, 0.3) is 0 Å². The minimum atomic E-state index is 0.503. The van der Waals surface area contributed by atoms with Gasteiger partial charge in [-0.2, -0.15) is 0 Å². The summed E-state index contributed by atoms with van der Waals surface area (Å²) in [5.74, 6) is 0. The molecule has 108 valence electrons. The summed E-state index contributed by atoms with van der Waals surface area (Å²) in [7, 11) is 0. The van der Waals surface area contributed by atoms with E-state index in [0.717, 1.165) is 17.4 Å². The van der Waals surface area contributed by atoms with E-state index in [1.165, 1.54) is 51.5 Å². The lowest BCUT2D eigenvalue weighted by atomic mass is 9.79. The summed E-state index contributed by atoms with van der Waals surface area (Å²) in [6, 6.07) is 1.56. The molecular weight excluding hydrogens is 286 g/mol. The normalized spacial score (nSPS) is 26.5. The fourth-order valence-corrected chi connectivity index (χ4v) is 4.43. The zero-order valence-corrected chi connectivity index (χ0v) is 14.4. The number of likely N-dealkylation sites (tertiary alicyclic amines) is 1. The van der Waals surface area contributed by atoms with Gasteiger partial charge in [-0.15, -0.1) is 0 Å². The largest absolute Gasteiger partial charge is 0.297 e. The molecule has 1 aliphatic heterocycles. The zero-order valence-electron chi connectivity index (χ0n) is 12.8. The minimum Gasteiger partial charge on any atom is -0.297 e. The molecule has 0 unspecified atom stereocenters. The van der Waals surface area contributed by atoms with Crippen molar-refractivity contribution in [1.82, 2.24) is 4.90 Å². The van der Waals surface area contributed by atoms with Crippen molar-refractivity contribution in [3.63, 3.8) is 0 Å². The van der Waals surface area contributed by atoms with Crippen LogP contribution in [-0.4, -0.2) is 28.9 Å². The van der Waals surface area contributed by atoms with Gasteiger partial charge >= 0.3 is 0 Å². The van der Waals surface area contributed by atoms with Gasteiger partial charge in [0, 0.05) is 24.0 Å². The molecule has 1 heterocycles. The van der Waals surface area contributed by atoms with Gasteiger partial charge < -0.3 is 0 Å². The third kappa shape index (κ3) is 4.23. The Morgan fingerprint density at radius 1 is 1.06 bits per heavy atom. The molecule has 0 bridgehead atoms. The van der Waals surface area contributed by atoms with Crippen molar-refractivity contribution in [2.75, 3.05) is 11.9 Å². The molecule has 0 spiro atoms. The lowest BCUT2D eigenvalue weighted by Gasteiger charge is -2.45. The fourth-order valence-electron chi connectivity index (χ4n) is 3.69. The highest BCUT2D eigenvalue weighted by Gasteiger charge is 2.34. The lowest BCUT2D eigenvalue weighted by Crippen LogP contribution is -2.49. The molecule has 0 aromatic carbocycles. The Morgan fingerprint density at radius 3 is 1.94 bits per heavy atom. The molecule has 2 heteroatoms. The SMILES string of the molecule is CCCC(CBr)(CCC)CN1[C@H](C)CCC[C@@H]1C. The molecule has 1 rings (SSSR count). The fraction of sp³-hybridized carbons (Fsp3) is 1.00. The number of halogens is 1. The maximum atomic E-state index is 3.82. The van der Waals surface area contributed by atoms with E-state index in [-0.39, 0.29) is 0 Å². The molecule has 1 fully saturated rings. The molecule has 0 radical (unpaired) electrons. The first-order chi connectivity index (χ1) is 8.58. The molecule has 1 nitrogen and oxygen atoms in total. The first kappa shape index (κ1) is 16.5. The number of rotatable bonds is 7. The van der Waals surface area contributed by atoms with E-state index < -0.39 is 0 Å². The van der Waals surface area contributed by atoms with Crippen molar-refractivity contribution in [3.8, 4) is 0 Å². The molecule has 1 aliphatic rings. The molecule has 0 saturated carbocycles. The predicted molar refractivity (Wildman–Crippen MR) is 85.5 cm³/mol. The highest BCUT2D eigenvalue weighted by molar-refractivity contribution is 9.09. The van der Waals surface area contributed by atoms with E-state index in [9.17, 15) is 0 Å². The Kier molecular flexibility index (Phi) is 7.23. The second kappa shape index (κ2) is 7.89. The summed E-state index contributed by atoms with van der Waals surface area (Å²) in [6.07, 6.45) is 9.54. The van der Waals surface area contributed by atoms with E-state index >= 15 is 0 Å². The molecule has 2 atom stereocenters. The maximum absolute atomic E-state index is 3.82. The van der Waals surface area contributed by atoms with Gasteiger partial charge in [0.15, 0.2) is 0 Å². The molecule has 18 heavy (non-hydrogen) atoms. The summed E-state index contributed by atoms with van der Waals surface area (Å²) in [5, 5.41) is 1.16. The topological polar surface area (TPSA) is 3.24 Å². The number of alkyl halides is 1. The van der Waals surface area contributed by atoms with Gasteiger partial charge in [0.25, 0.3) is 0 Å². The van der Waals surface area contributed by atoms with E-state index in [2.05, 4.69) is 48.5 Å². The van der Waals surface area contributed by atoms with Crippen LogP contribution in [0.1, 0.15) is 72.6 Å². The van der Waals surface area contributed by atoms with Crippen molar-refractivity contribution >= 4 is 15.9 Å². The van der Waals surface area contributed by atoms with Gasteiger partial charge in [-0.25, -0.2) is 0 Å². The number of hydrogen-bond acceptors (Lipinski definition) is 1. The average molecular weight is 318 g/mol. The summed E-state index contributed by atoms with van der Waals surface area (Å²) in [5.41, 5.74) is 0.503. The lowest BCUT2D eigenvalue weighted by molar-refractivity contribution is 0.0486. The van der Waals surface area contributed by atoms with Crippen molar-refractivity contribution in [2.45, 2.75) is 84.7 Å². The quantitative estimate of drug-likeness (QED) is 0.581. The van der Waals surface area contributed by atoms with E-state index in [1.807, 2.05) is 0 Å². The van der Waals surface area contributed by atoms with Gasteiger partial charge in [-0.1, -0.05) is 49.0 Å². The van der Waals surface area contributed by atoms with Gasteiger partial charge in [-0.05, 0) is 44.9 Å². The third-order valence-corrected chi connectivity index (χ3v) is 5.93. The smallest absolute Gasteiger partial charge is 0.0100 e. The standard InChI is InChI=1S/C16H32BrN/c1-5-10-16(12-17,11-6-2)13-18-14(3)8-7-9-15(18)4/h14-15H,5-13H2,1-4H3/t14-,15+. The van der Waals surface area contributed by atoms with Gasteiger partial charge in [0.05, 0.1) is 0 Å². The first-order valence-electron chi connectivity index (χ1n) is 7.90. The van der Waals surface area contributed by atoms with E-state index in [4.69, 9.17) is 0 Å². The molecule has 1 saturated heterocycles. The van der Waals surface area contributed by atoms with Crippen LogP contribution in [0.2, 0.25) is 0 Å². The van der Waals surface area contributed by atoms with Crippen LogP contribution >= 0.6 is 15.9 Å². The monoisotopic (exact) mass is 317 g/mol. The summed E-state index contributed by atoms with van der Waals surface area (Å²) in [6.45, 7) is 10.8. The Bertz CT molecular complexity index is 213. The highest BCUT2D eigenvalue weighted by atomic mass is 79.9. The van der Waals surface area contributed by atoms with Crippen molar-refractivity contribution < 1.29 is 0 Å². The van der Waals surface area contributed by atoms with Crippen LogP contribution in [0.3, 0.4) is 0 Å². The molecule has 0 aromatic heterocycles. The Balaban J connectivity index is 2.73. The molecule has 0 aliphatic carbocycles. The van der Waals surface area contributed by atoms with Crippen molar-refractivity contribution in [2.24, 2.45) is 5.41 Å². The Labute approximate surface area is 123 Å². The van der Waals surface area contributed by atoms with Crippen LogP contribution in [0.5, 0.6) is 0 Å². The zero-order chi connectivity index (χ0) is 13.6. The van der Waals surface area contributed by atoms with Crippen LogP contribution in [0, 0.1) is 5.41 Å². The van der Waals surface area contributed by atoms with Crippen molar-refractivity contribution in [1.29, 1.82) is 0 Å². The minimum absolute atomic E-state index is 0.503. The van der Waals surface area contributed by atoms with Crippen molar-refractivity contribution in [3.05, 3.63) is 0 Å². The Hall–Kier alpha value is 0.440. The van der Waals surface area contributed by atoms with Gasteiger partial charge in [0.1, 0.15) is 0 Å². The molecule has 0 N–H and O–H groups in total. The number of piperidine rings is 1. The summed E-state index contributed by atoms with van der Waals surface area (Å²) < 4.78 is 0. The van der Waals surface area contributed by atoms with Crippen LogP contribution < -0.4 is 0 Å². The second-order valence-electron chi connectivity index (χ2n) is 6.43. The number of nitrogens with zero attached hydrogens (tertiary/aromatic N) is 1. The molecule has 0 amide bonds. The Morgan fingerprint density at radius 2 is 1.56 bits per heavy atom.